The maximum absolute atomic E-state index is 11.8. The van der Waals surface area contributed by atoms with Crippen LogP contribution in [0.1, 0.15) is 18.4 Å². The smallest absolute Gasteiger partial charge is 0.334 e. The van der Waals surface area contributed by atoms with Crippen molar-refractivity contribution < 1.29 is 19.2 Å². The van der Waals surface area contributed by atoms with E-state index in [9.17, 15) is 14.4 Å². The van der Waals surface area contributed by atoms with Crippen molar-refractivity contribution in [3.63, 3.8) is 0 Å². The molecule has 2 heterocycles. The van der Waals surface area contributed by atoms with E-state index in [1.807, 2.05) is 17.7 Å². The van der Waals surface area contributed by atoms with Gasteiger partial charge in [0, 0.05) is 19.9 Å². The molecule has 7 nitrogen and oxygen atoms in total. The lowest BCUT2D eigenvalue weighted by Crippen LogP contribution is -2.32. The average Bonchev–Trinajstić information content (AvgIpc) is 2.96. The van der Waals surface area contributed by atoms with Crippen LogP contribution in [0.4, 0.5) is 0 Å². The van der Waals surface area contributed by atoms with Gasteiger partial charge in [-0.3, -0.25) is 9.59 Å². The van der Waals surface area contributed by atoms with Gasteiger partial charge >= 0.3 is 5.97 Å². The van der Waals surface area contributed by atoms with Crippen LogP contribution in [0.15, 0.2) is 24.5 Å². The van der Waals surface area contributed by atoms with E-state index in [0.29, 0.717) is 10.6 Å². The number of rotatable bonds is 3. The minimum Gasteiger partial charge on any atom is -0.334 e. The minimum absolute atomic E-state index is 0.0242. The first-order chi connectivity index (χ1) is 10.0. The van der Waals surface area contributed by atoms with Gasteiger partial charge in [-0.2, -0.15) is 0 Å². The number of hydrogen-bond donors (Lipinski definition) is 0. The molecule has 0 spiro atoms. The third-order valence-corrected chi connectivity index (χ3v) is 3.34. The molecule has 0 N–H and O–H groups in total. The molecule has 1 aromatic carbocycles. The second-order valence-corrected chi connectivity index (χ2v) is 4.90. The third kappa shape index (κ3) is 2.49. The van der Waals surface area contributed by atoms with Gasteiger partial charge in [0.15, 0.2) is 0 Å². The largest absolute Gasteiger partial charge is 0.337 e. The van der Waals surface area contributed by atoms with Crippen molar-refractivity contribution in [2.24, 2.45) is 7.05 Å². The van der Waals surface area contributed by atoms with Crippen LogP contribution in [0.3, 0.4) is 0 Å². The molecule has 21 heavy (non-hydrogen) atoms. The van der Waals surface area contributed by atoms with Crippen molar-refractivity contribution in [3.8, 4) is 0 Å². The number of imide groups is 1. The Bertz CT molecular complexity index is 734. The first kappa shape index (κ1) is 13.3. The first-order valence-corrected chi connectivity index (χ1v) is 6.51. The molecular weight excluding hydrogens is 274 g/mol. The fraction of sp³-hybridized carbons (Fsp3) is 0.286. The molecule has 1 fully saturated rings. The summed E-state index contributed by atoms with van der Waals surface area (Å²) in [6.07, 6.45) is 1.84. The number of fused-ring (bicyclic) bond motifs is 1. The quantitative estimate of drug-likeness (QED) is 0.777. The Hall–Kier alpha value is -2.70. The van der Waals surface area contributed by atoms with Crippen LogP contribution >= 0.6 is 0 Å². The van der Waals surface area contributed by atoms with Gasteiger partial charge in [-0.25, -0.2) is 9.78 Å². The Balaban J connectivity index is 1.71. The third-order valence-electron chi connectivity index (χ3n) is 3.34. The number of nitrogens with zero attached hydrogens (tertiary/aromatic N) is 3. The van der Waals surface area contributed by atoms with Crippen LogP contribution < -0.4 is 0 Å². The number of carbonyl (C=O) groups is 3. The highest BCUT2D eigenvalue weighted by atomic mass is 16.7. The van der Waals surface area contributed by atoms with Gasteiger partial charge in [-0.05, 0) is 17.7 Å². The van der Waals surface area contributed by atoms with E-state index >= 15 is 0 Å². The summed E-state index contributed by atoms with van der Waals surface area (Å²) in [7, 11) is 1.88. The number of hydroxylamine groups is 2. The Kier molecular flexibility index (Phi) is 3.17. The van der Waals surface area contributed by atoms with Crippen LogP contribution in [0.5, 0.6) is 0 Å². The van der Waals surface area contributed by atoms with Gasteiger partial charge in [-0.1, -0.05) is 6.07 Å². The standard InChI is InChI=1S/C14H13N3O4/c1-16-8-15-10-6-9(2-3-11(10)16)7-14(20)21-17-12(18)4-5-13(17)19/h2-3,6,8H,4-5,7H2,1H3. The molecule has 0 aliphatic carbocycles. The summed E-state index contributed by atoms with van der Waals surface area (Å²) in [6, 6.07) is 5.43. The molecule has 7 heteroatoms. The predicted molar refractivity (Wildman–Crippen MR) is 71.6 cm³/mol. The lowest BCUT2D eigenvalue weighted by atomic mass is 10.1. The molecule has 0 radical (unpaired) electrons. The molecule has 1 saturated heterocycles. The van der Waals surface area contributed by atoms with E-state index in [1.54, 1.807) is 18.5 Å². The molecule has 2 aromatic rings. The van der Waals surface area contributed by atoms with Crippen LogP contribution in [-0.2, 0) is 32.7 Å². The van der Waals surface area contributed by atoms with Gasteiger partial charge in [-0.15, -0.1) is 5.06 Å². The Morgan fingerprint density at radius 2 is 2.00 bits per heavy atom. The molecule has 108 valence electrons. The van der Waals surface area contributed by atoms with E-state index < -0.39 is 17.8 Å². The molecule has 3 rings (SSSR count). The molecular formula is C14H13N3O4. The summed E-state index contributed by atoms with van der Waals surface area (Å²) in [6.45, 7) is 0. The SMILES string of the molecule is Cn1cnc2cc(CC(=O)ON3C(=O)CCC3=O)ccc21. The summed E-state index contributed by atoms with van der Waals surface area (Å²) in [4.78, 5) is 43.6. The van der Waals surface area contributed by atoms with E-state index in [2.05, 4.69) is 4.98 Å². The lowest BCUT2D eigenvalue weighted by molar-refractivity contribution is -0.197. The van der Waals surface area contributed by atoms with Crippen molar-refractivity contribution in [3.05, 3.63) is 30.1 Å². The maximum Gasteiger partial charge on any atom is 0.337 e. The van der Waals surface area contributed by atoms with Gasteiger partial charge in [0.05, 0.1) is 23.8 Å². The van der Waals surface area contributed by atoms with Crippen LogP contribution in [0, 0.1) is 0 Å². The molecule has 0 atom stereocenters. The van der Waals surface area contributed by atoms with Crippen molar-refractivity contribution in [2.45, 2.75) is 19.3 Å². The van der Waals surface area contributed by atoms with Crippen molar-refractivity contribution in [2.75, 3.05) is 0 Å². The molecule has 0 bridgehead atoms. The number of imidazole rings is 1. The second-order valence-electron chi connectivity index (χ2n) is 4.90. The fourth-order valence-corrected chi connectivity index (χ4v) is 2.25. The van der Waals surface area contributed by atoms with Crippen molar-refractivity contribution in [1.29, 1.82) is 0 Å². The van der Waals surface area contributed by atoms with E-state index in [-0.39, 0.29) is 19.3 Å². The van der Waals surface area contributed by atoms with Crippen LogP contribution in [0.25, 0.3) is 11.0 Å². The van der Waals surface area contributed by atoms with Gasteiger partial charge in [0.25, 0.3) is 11.8 Å². The van der Waals surface area contributed by atoms with E-state index in [0.717, 1.165) is 11.0 Å². The highest BCUT2D eigenvalue weighted by Crippen LogP contribution is 2.16. The second kappa shape index (κ2) is 5.01. The highest BCUT2D eigenvalue weighted by Gasteiger charge is 2.32. The molecule has 1 aliphatic heterocycles. The number of aryl methyl sites for hydroxylation is 1. The number of carbonyl (C=O) groups excluding carboxylic acids is 3. The number of amides is 2. The van der Waals surface area contributed by atoms with E-state index in [4.69, 9.17) is 4.84 Å². The van der Waals surface area contributed by atoms with Crippen LogP contribution in [0.2, 0.25) is 0 Å². The number of benzene rings is 1. The molecule has 0 saturated carbocycles. The predicted octanol–water partition coefficient (Wildman–Crippen LogP) is 0.723. The molecule has 0 unspecified atom stereocenters. The van der Waals surface area contributed by atoms with Crippen molar-refractivity contribution >= 4 is 28.8 Å². The topological polar surface area (TPSA) is 81.5 Å². The summed E-state index contributed by atoms with van der Waals surface area (Å²) in [5.74, 6) is -1.60. The number of hydrogen-bond acceptors (Lipinski definition) is 5. The summed E-state index contributed by atoms with van der Waals surface area (Å²) >= 11 is 0. The van der Waals surface area contributed by atoms with E-state index in [1.165, 1.54) is 0 Å². The zero-order chi connectivity index (χ0) is 15.0. The Morgan fingerprint density at radius 3 is 2.71 bits per heavy atom. The lowest BCUT2D eigenvalue weighted by Gasteiger charge is -2.12. The van der Waals surface area contributed by atoms with Gasteiger partial charge in [0.2, 0.25) is 0 Å². The normalized spacial score (nSPS) is 15.0. The monoisotopic (exact) mass is 287 g/mol. The highest BCUT2D eigenvalue weighted by molar-refractivity contribution is 6.01. The Morgan fingerprint density at radius 1 is 1.29 bits per heavy atom. The Labute approximate surface area is 120 Å². The van der Waals surface area contributed by atoms with Gasteiger partial charge in [0.1, 0.15) is 0 Å². The van der Waals surface area contributed by atoms with Crippen molar-refractivity contribution in [1.82, 2.24) is 14.6 Å². The summed E-state index contributed by atoms with van der Waals surface area (Å²) in [5, 5.41) is 0.557. The van der Waals surface area contributed by atoms with Gasteiger partial charge < -0.3 is 9.40 Å². The molecule has 2 amide bonds. The molecule has 1 aliphatic rings. The number of aromatic nitrogens is 2. The zero-order valence-electron chi connectivity index (χ0n) is 11.4. The molecule has 1 aromatic heterocycles. The average molecular weight is 287 g/mol. The zero-order valence-corrected chi connectivity index (χ0v) is 11.4. The van der Waals surface area contributed by atoms with Crippen LogP contribution in [-0.4, -0.2) is 32.4 Å². The minimum atomic E-state index is -0.645. The first-order valence-electron chi connectivity index (χ1n) is 6.51. The summed E-state index contributed by atoms with van der Waals surface area (Å²) in [5.41, 5.74) is 2.44. The summed E-state index contributed by atoms with van der Waals surface area (Å²) < 4.78 is 1.87. The maximum atomic E-state index is 11.8. The fourth-order valence-electron chi connectivity index (χ4n) is 2.25.